The first kappa shape index (κ1) is 18.8. The number of aryl methyl sites for hydroxylation is 2. The average Bonchev–Trinajstić information content (AvgIpc) is 3.11. The number of benzene rings is 1. The summed E-state index contributed by atoms with van der Waals surface area (Å²) in [5.74, 6) is 0.248. The van der Waals surface area contributed by atoms with Gasteiger partial charge in [0.05, 0.1) is 11.4 Å². The zero-order valence-corrected chi connectivity index (χ0v) is 16.7. The van der Waals surface area contributed by atoms with E-state index >= 15 is 0 Å². The maximum absolute atomic E-state index is 9.72. The van der Waals surface area contributed by atoms with Crippen LogP contribution >= 0.6 is 11.3 Å². The van der Waals surface area contributed by atoms with Gasteiger partial charge in [-0.1, -0.05) is 23.9 Å². The lowest BCUT2D eigenvalue weighted by molar-refractivity contribution is 0.318. The summed E-state index contributed by atoms with van der Waals surface area (Å²) in [5, 5.41) is 24.5. The molecule has 3 rings (SSSR count). The zero-order chi connectivity index (χ0) is 19.9. The molecule has 2 heterocycles. The predicted octanol–water partition coefficient (Wildman–Crippen LogP) is 4.87. The highest BCUT2D eigenvalue weighted by molar-refractivity contribution is 7.10. The van der Waals surface area contributed by atoms with Crippen LogP contribution in [0.4, 0.5) is 0 Å². The average molecular weight is 382 g/mol. The van der Waals surface area contributed by atoms with Crippen molar-refractivity contribution in [3.8, 4) is 28.0 Å². The van der Waals surface area contributed by atoms with Crippen molar-refractivity contribution in [2.45, 2.75) is 20.8 Å². The lowest BCUT2D eigenvalue weighted by atomic mass is 9.91. The predicted molar refractivity (Wildman–Crippen MR) is 113 cm³/mol. The Hall–Kier alpha value is -2.99. The van der Waals surface area contributed by atoms with E-state index in [9.17, 15) is 10.3 Å². The van der Waals surface area contributed by atoms with E-state index in [-0.39, 0.29) is 11.6 Å². The van der Waals surface area contributed by atoms with E-state index in [2.05, 4.69) is 31.0 Å². The van der Waals surface area contributed by atoms with E-state index in [4.69, 9.17) is 5.73 Å². The number of amidine groups is 1. The molecule has 0 radical (unpaired) electrons. The molecule has 140 valence electrons. The first-order chi connectivity index (χ1) is 12.8. The molecule has 0 saturated carbocycles. The Kier molecular flexibility index (Phi) is 4.85. The van der Waals surface area contributed by atoms with Crippen molar-refractivity contribution < 1.29 is 10.3 Å². The van der Waals surface area contributed by atoms with E-state index in [1.165, 1.54) is 0 Å². The quantitative estimate of drug-likeness (QED) is 0.261. The second-order valence-corrected chi connectivity index (χ2v) is 7.75. The van der Waals surface area contributed by atoms with Gasteiger partial charge in [-0.25, -0.2) is 0 Å². The van der Waals surface area contributed by atoms with Gasteiger partial charge >= 0.3 is 0 Å². The number of allylic oxidation sites excluding steroid dienone is 1. The van der Waals surface area contributed by atoms with Crippen LogP contribution in [0.25, 0.3) is 27.8 Å². The summed E-state index contributed by atoms with van der Waals surface area (Å²) in [6.45, 7) is 10.2. The number of aromatic nitrogens is 1. The molecule has 0 atom stereocenters. The molecule has 0 amide bonds. The van der Waals surface area contributed by atoms with Crippen LogP contribution in [0, 0.1) is 13.8 Å². The molecule has 2 aromatic heterocycles. The SMILES string of the molecule is C=C(C)c1c(-c2ccc(O)cc2)c(-c2c(C)csc2C)c(/C(N)=N/O)n1C. The number of thiophene rings is 1. The molecule has 0 aliphatic carbocycles. The van der Waals surface area contributed by atoms with Crippen molar-refractivity contribution in [1.29, 1.82) is 0 Å². The summed E-state index contributed by atoms with van der Waals surface area (Å²) in [6, 6.07) is 7.05. The molecule has 0 unspecified atom stereocenters. The molecular weight excluding hydrogens is 358 g/mol. The van der Waals surface area contributed by atoms with Gasteiger partial charge in [0.2, 0.25) is 0 Å². The Labute approximate surface area is 162 Å². The fourth-order valence-electron chi connectivity index (χ4n) is 3.63. The molecule has 0 bridgehead atoms. The number of nitrogens with zero attached hydrogens (tertiary/aromatic N) is 2. The summed E-state index contributed by atoms with van der Waals surface area (Å²) in [4.78, 5) is 1.15. The number of hydrogen-bond donors (Lipinski definition) is 3. The molecule has 0 aliphatic rings. The largest absolute Gasteiger partial charge is 0.508 e. The molecular formula is C21H23N3O2S. The van der Waals surface area contributed by atoms with E-state index < -0.39 is 0 Å². The van der Waals surface area contributed by atoms with Gasteiger partial charge in [-0.05, 0) is 55.0 Å². The molecule has 0 fully saturated rings. The zero-order valence-electron chi connectivity index (χ0n) is 15.9. The molecule has 6 heteroatoms. The van der Waals surface area contributed by atoms with Crippen molar-refractivity contribution >= 4 is 22.7 Å². The fraction of sp³-hybridized carbons (Fsp3) is 0.190. The third-order valence-electron chi connectivity index (χ3n) is 4.71. The van der Waals surface area contributed by atoms with Crippen LogP contribution in [0.3, 0.4) is 0 Å². The first-order valence-electron chi connectivity index (χ1n) is 8.48. The lowest BCUT2D eigenvalue weighted by Gasteiger charge is -2.11. The summed E-state index contributed by atoms with van der Waals surface area (Å²) >= 11 is 1.67. The van der Waals surface area contributed by atoms with Gasteiger partial charge < -0.3 is 20.6 Å². The van der Waals surface area contributed by atoms with Crippen molar-refractivity contribution in [1.82, 2.24) is 4.57 Å². The first-order valence-corrected chi connectivity index (χ1v) is 9.36. The number of hydrogen-bond acceptors (Lipinski definition) is 4. The molecule has 27 heavy (non-hydrogen) atoms. The number of rotatable bonds is 4. The summed E-state index contributed by atoms with van der Waals surface area (Å²) in [5.41, 5.74) is 13.5. The number of oxime groups is 1. The number of phenolic OH excluding ortho intramolecular Hbond substituents is 1. The Balaban J connectivity index is 2.54. The van der Waals surface area contributed by atoms with Crippen LogP contribution in [0.2, 0.25) is 0 Å². The van der Waals surface area contributed by atoms with Crippen molar-refractivity contribution in [3.05, 3.63) is 58.1 Å². The second-order valence-electron chi connectivity index (χ2n) is 6.67. The van der Waals surface area contributed by atoms with E-state index in [0.29, 0.717) is 5.69 Å². The maximum atomic E-state index is 9.72. The third kappa shape index (κ3) is 3.02. The van der Waals surface area contributed by atoms with Crippen LogP contribution in [0.1, 0.15) is 28.8 Å². The molecule has 0 saturated heterocycles. The molecule has 0 spiro atoms. The van der Waals surface area contributed by atoms with Crippen LogP contribution in [0.5, 0.6) is 5.75 Å². The Morgan fingerprint density at radius 2 is 1.74 bits per heavy atom. The maximum Gasteiger partial charge on any atom is 0.187 e. The minimum atomic E-state index is 0.0463. The number of aromatic hydroxyl groups is 1. The molecule has 4 N–H and O–H groups in total. The van der Waals surface area contributed by atoms with E-state index in [1.54, 1.807) is 23.5 Å². The number of phenols is 1. The highest BCUT2D eigenvalue weighted by atomic mass is 32.1. The molecule has 3 aromatic rings. The Morgan fingerprint density at radius 3 is 2.22 bits per heavy atom. The number of nitrogens with two attached hydrogens (primary N) is 1. The van der Waals surface area contributed by atoms with Crippen molar-refractivity contribution in [3.63, 3.8) is 0 Å². The van der Waals surface area contributed by atoms with E-state index in [0.717, 1.165) is 44.0 Å². The van der Waals surface area contributed by atoms with Gasteiger partial charge in [0.25, 0.3) is 0 Å². The summed E-state index contributed by atoms with van der Waals surface area (Å²) in [6.07, 6.45) is 0. The van der Waals surface area contributed by atoms with Crippen LogP contribution in [-0.2, 0) is 7.05 Å². The molecule has 5 nitrogen and oxygen atoms in total. The van der Waals surface area contributed by atoms with E-state index in [1.807, 2.05) is 30.7 Å². The van der Waals surface area contributed by atoms with Crippen LogP contribution in [0.15, 0.2) is 41.4 Å². The van der Waals surface area contributed by atoms with Crippen LogP contribution in [-0.4, -0.2) is 20.7 Å². The summed E-state index contributed by atoms with van der Waals surface area (Å²) in [7, 11) is 1.89. The van der Waals surface area contributed by atoms with Gasteiger partial charge in [-0.15, -0.1) is 11.3 Å². The lowest BCUT2D eigenvalue weighted by Crippen LogP contribution is -2.18. The van der Waals surface area contributed by atoms with Crippen LogP contribution < -0.4 is 5.73 Å². The standard InChI is InChI=1S/C21H23N3O2S/c1-11(2)19-17(14-6-8-15(25)9-7-14)18(16-12(3)10-27-13(16)4)20(24(19)5)21(22)23-26/h6-10,25-26H,1H2,2-5H3,(H2,22,23). The fourth-order valence-corrected chi connectivity index (χ4v) is 4.48. The van der Waals surface area contributed by atoms with Crippen molar-refractivity contribution in [2.24, 2.45) is 17.9 Å². The monoisotopic (exact) mass is 381 g/mol. The van der Waals surface area contributed by atoms with Gasteiger partial charge in [0.15, 0.2) is 5.84 Å². The Morgan fingerprint density at radius 1 is 1.11 bits per heavy atom. The Bertz CT molecular complexity index is 1040. The minimum absolute atomic E-state index is 0.0463. The van der Waals surface area contributed by atoms with Gasteiger partial charge in [0, 0.05) is 28.6 Å². The second kappa shape index (κ2) is 6.96. The van der Waals surface area contributed by atoms with Gasteiger partial charge in [-0.2, -0.15) is 0 Å². The topological polar surface area (TPSA) is 83.8 Å². The third-order valence-corrected chi connectivity index (χ3v) is 5.74. The molecule has 0 aliphatic heterocycles. The van der Waals surface area contributed by atoms with Gasteiger partial charge in [-0.3, -0.25) is 0 Å². The van der Waals surface area contributed by atoms with Crippen molar-refractivity contribution in [2.75, 3.05) is 0 Å². The minimum Gasteiger partial charge on any atom is -0.508 e. The van der Waals surface area contributed by atoms with Gasteiger partial charge in [0.1, 0.15) is 5.75 Å². The normalized spacial score (nSPS) is 11.8. The highest BCUT2D eigenvalue weighted by Gasteiger charge is 2.28. The smallest absolute Gasteiger partial charge is 0.187 e. The highest BCUT2D eigenvalue weighted by Crippen LogP contribution is 2.45. The molecule has 1 aromatic carbocycles. The summed E-state index contributed by atoms with van der Waals surface area (Å²) < 4.78 is 1.92.